The number of aromatic nitrogens is 1. The van der Waals surface area contributed by atoms with E-state index in [1.807, 2.05) is 48.5 Å². The number of hydrogen-bond acceptors (Lipinski definition) is 6. The molecule has 43 heavy (non-hydrogen) atoms. The first-order valence-corrected chi connectivity index (χ1v) is 13.9. The molecule has 9 heteroatoms. The van der Waals surface area contributed by atoms with Gasteiger partial charge in [-0.1, -0.05) is 68.4 Å². The average Bonchev–Trinajstić information content (AvgIpc) is 2.98. The van der Waals surface area contributed by atoms with Gasteiger partial charge in [0.1, 0.15) is 5.75 Å². The SMILES string of the molecule is COc1ccc(CNC(=O)NC(=O)C(C)(C)[C@@H]2c3ccc(-c4ccc(C(C)(C)O)cc4)nc3Oc3c(F)cccc32)cc1. The Bertz CT molecular complexity index is 1660. The lowest BCUT2D eigenvalue weighted by molar-refractivity contribution is -0.128. The molecule has 0 saturated carbocycles. The Morgan fingerprint density at radius 1 is 0.953 bits per heavy atom. The van der Waals surface area contributed by atoms with E-state index in [0.717, 1.165) is 16.7 Å². The second-order valence-corrected chi connectivity index (χ2v) is 11.6. The van der Waals surface area contributed by atoms with Gasteiger partial charge in [-0.05, 0) is 49.2 Å². The van der Waals surface area contributed by atoms with Crippen molar-refractivity contribution in [2.75, 3.05) is 7.11 Å². The van der Waals surface area contributed by atoms with Gasteiger partial charge in [0.2, 0.25) is 11.8 Å². The fourth-order valence-electron chi connectivity index (χ4n) is 5.23. The number of pyridine rings is 1. The summed E-state index contributed by atoms with van der Waals surface area (Å²) in [6.45, 7) is 7.04. The van der Waals surface area contributed by atoms with Crippen LogP contribution in [-0.2, 0) is 16.9 Å². The van der Waals surface area contributed by atoms with E-state index in [2.05, 4.69) is 10.6 Å². The van der Waals surface area contributed by atoms with Crippen LogP contribution in [0.25, 0.3) is 11.3 Å². The van der Waals surface area contributed by atoms with Crippen molar-refractivity contribution >= 4 is 11.9 Å². The molecule has 1 aliphatic heterocycles. The number of carbonyl (C=O) groups is 2. The lowest BCUT2D eigenvalue weighted by Gasteiger charge is -2.37. The summed E-state index contributed by atoms with van der Waals surface area (Å²) in [5.41, 5.74) is 1.82. The van der Waals surface area contributed by atoms with E-state index >= 15 is 4.39 Å². The van der Waals surface area contributed by atoms with Crippen LogP contribution in [0.15, 0.2) is 78.9 Å². The highest BCUT2D eigenvalue weighted by molar-refractivity contribution is 5.98. The highest BCUT2D eigenvalue weighted by atomic mass is 19.1. The lowest BCUT2D eigenvalue weighted by atomic mass is 9.69. The van der Waals surface area contributed by atoms with E-state index in [-0.39, 0.29) is 18.2 Å². The summed E-state index contributed by atoms with van der Waals surface area (Å²) in [5, 5.41) is 15.5. The van der Waals surface area contributed by atoms with Gasteiger partial charge < -0.3 is 19.9 Å². The Morgan fingerprint density at radius 3 is 2.30 bits per heavy atom. The summed E-state index contributed by atoms with van der Waals surface area (Å²) in [6.07, 6.45) is 0. The fourth-order valence-corrected chi connectivity index (χ4v) is 5.23. The molecule has 0 fully saturated rings. The number of amides is 3. The van der Waals surface area contributed by atoms with Crippen molar-refractivity contribution < 1.29 is 28.6 Å². The molecular formula is C34H34FN3O5. The zero-order valence-corrected chi connectivity index (χ0v) is 24.7. The van der Waals surface area contributed by atoms with Crippen molar-refractivity contribution in [2.45, 2.75) is 45.8 Å². The van der Waals surface area contributed by atoms with Crippen LogP contribution >= 0.6 is 0 Å². The topological polar surface area (TPSA) is 110 Å². The summed E-state index contributed by atoms with van der Waals surface area (Å²) >= 11 is 0. The molecule has 0 saturated heterocycles. The predicted octanol–water partition coefficient (Wildman–Crippen LogP) is 6.41. The third-order valence-electron chi connectivity index (χ3n) is 7.74. The molecule has 3 amide bonds. The van der Waals surface area contributed by atoms with Crippen molar-refractivity contribution in [3.05, 3.63) is 107 Å². The molecule has 2 heterocycles. The molecule has 4 aromatic rings. The van der Waals surface area contributed by atoms with Gasteiger partial charge in [0.25, 0.3) is 0 Å². The van der Waals surface area contributed by atoms with Gasteiger partial charge >= 0.3 is 6.03 Å². The van der Waals surface area contributed by atoms with Gasteiger partial charge in [0, 0.05) is 29.2 Å². The van der Waals surface area contributed by atoms with Gasteiger partial charge in [0.15, 0.2) is 11.6 Å². The highest BCUT2D eigenvalue weighted by Gasteiger charge is 2.45. The molecule has 1 aromatic heterocycles. The molecular weight excluding hydrogens is 549 g/mol. The third kappa shape index (κ3) is 6.08. The monoisotopic (exact) mass is 583 g/mol. The molecule has 3 aromatic carbocycles. The molecule has 3 N–H and O–H groups in total. The predicted molar refractivity (Wildman–Crippen MR) is 160 cm³/mol. The summed E-state index contributed by atoms with van der Waals surface area (Å²) in [5.74, 6) is -0.926. The van der Waals surface area contributed by atoms with Gasteiger partial charge in [-0.3, -0.25) is 10.1 Å². The number of hydrogen-bond donors (Lipinski definition) is 3. The van der Waals surface area contributed by atoms with Gasteiger partial charge in [-0.15, -0.1) is 0 Å². The first-order valence-electron chi connectivity index (χ1n) is 13.9. The minimum Gasteiger partial charge on any atom is -0.497 e. The van der Waals surface area contributed by atoms with Crippen molar-refractivity contribution in [1.29, 1.82) is 0 Å². The molecule has 8 nitrogen and oxygen atoms in total. The molecule has 1 atom stereocenters. The molecule has 5 rings (SSSR count). The largest absolute Gasteiger partial charge is 0.497 e. The number of carbonyl (C=O) groups excluding carboxylic acids is 2. The number of urea groups is 1. The number of methoxy groups -OCH3 is 1. The van der Waals surface area contributed by atoms with Crippen LogP contribution in [0.4, 0.5) is 9.18 Å². The van der Waals surface area contributed by atoms with Gasteiger partial charge in [-0.2, -0.15) is 0 Å². The second kappa shape index (κ2) is 11.5. The smallest absolute Gasteiger partial charge is 0.321 e. The number of ether oxygens (including phenoxy) is 2. The minimum absolute atomic E-state index is 0.00754. The van der Waals surface area contributed by atoms with E-state index in [9.17, 15) is 14.7 Å². The molecule has 222 valence electrons. The van der Waals surface area contributed by atoms with Gasteiger partial charge in [-0.25, -0.2) is 14.2 Å². The van der Waals surface area contributed by atoms with Crippen molar-refractivity contribution in [1.82, 2.24) is 15.6 Å². The van der Waals surface area contributed by atoms with E-state index in [1.165, 1.54) is 6.07 Å². The van der Waals surface area contributed by atoms with Crippen LogP contribution in [0.3, 0.4) is 0 Å². The van der Waals surface area contributed by atoms with Crippen LogP contribution in [0, 0.1) is 11.2 Å². The fraction of sp³-hybridized carbons (Fsp3) is 0.265. The van der Waals surface area contributed by atoms with E-state index < -0.39 is 34.7 Å². The third-order valence-corrected chi connectivity index (χ3v) is 7.74. The van der Waals surface area contributed by atoms with Crippen LogP contribution < -0.4 is 20.1 Å². The van der Waals surface area contributed by atoms with E-state index in [0.29, 0.717) is 22.6 Å². The zero-order valence-electron chi connectivity index (χ0n) is 24.7. The second-order valence-electron chi connectivity index (χ2n) is 11.6. The quantitative estimate of drug-likeness (QED) is 0.232. The van der Waals surface area contributed by atoms with E-state index in [4.69, 9.17) is 14.5 Å². The number of halogens is 1. The van der Waals surface area contributed by atoms with Crippen molar-refractivity contribution in [2.24, 2.45) is 5.41 Å². The van der Waals surface area contributed by atoms with E-state index in [1.54, 1.807) is 59.1 Å². The van der Waals surface area contributed by atoms with Crippen LogP contribution in [0.5, 0.6) is 17.4 Å². The Kier molecular flexibility index (Phi) is 7.94. The maximum atomic E-state index is 15.1. The van der Waals surface area contributed by atoms with Crippen LogP contribution in [-0.4, -0.2) is 29.1 Å². The molecule has 0 aliphatic carbocycles. The Labute approximate surface area is 249 Å². The van der Waals surface area contributed by atoms with Crippen molar-refractivity contribution in [3.63, 3.8) is 0 Å². The number of rotatable bonds is 7. The lowest BCUT2D eigenvalue weighted by Crippen LogP contribution is -2.48. The van der Waals surface area contributed by atoms with Gasteiger partial charge in [0.05, 0.1) is 23.8 Å². The van der Waals surface area contributed by atoms with Crippen molar-refractivity contribution in [3.8, 4) is 28.6 Å². The Hall–Kier alpha value is -4.76. The number of nitrogens with zero attached hydrogens (tertiary/aromatic N) is 1. The Balaban J connectivity index is 1.42. The number of para-hydroxylation sites is 1. The molecule has 0 spiro atoms. The summed E-state index contributed by atoms with van der Waals surface area (Å²) in [4.78, 5) is 31.0. The normalized spacial score (nSPS) is 14.2. The first kappa shape index (κ1) is 29.7. The number of aliphatic hydroxyl groups is 1. The average molecular weight is 584 g/mol. The maximum Gasteiger partial charge on any atom is 0.321 e. The molecule has 0 radical (unpaired) electrons. The maximum absolute atomic E-state index is 15.1. The number of benzene rings is 3. The number of imide groups is 1. The standard InChI is InChI=1S/C34H34FN3O5/c1-33(2,31(39)38-32(40)36-19-20-9-15-23(42-5)16-10-20)28-24-7-6-8-26(35)29(24)43-30-25(28)17-18-27(37-30)21-11-13-22(14-12-21)34(3,4)41/h6-18,28,41H,19H2,1-5H3,(H2,36,38,39,40)/t28-/m0/s1. The van der Waals surface area contributed by atoms with Crippen LogP contribution in [0.1, 0.15) is 55.9 Å². The number of fused-ring (bicyclic) bond motifs is 2. The molecule has 0 bridgehead atoms. The highest BCUT2D eigenvalue weighted by Crippen LogP contribution is 2.52. The molecule has 0 unspecified atom stereocenters. The minimum atomic E-state index is -1.21. The van der Waals surface area contributed by atoms with Crippen LogP contribution in [0.2, 0.25) is 0 Å². The summed E-state index contributed by atoms with van der Waals surface area (Å²) < 4.78 is 26.2. The zero-order chi connectivity index (χ0) is 30.9. The molecule has 1 aliphatic rings. The number of nitrogens with one attached hydrogen (secondary N) is 2. The Morgan fingerprint density at radius 2 is 1.65 bits per heavy atom. The summed E-state index contributed by atoms with van der Waals surface area (Å²) in [7, 11) is 1.57. The first-order chi connectivity index (χ1) is 20.4. The summed E-state index contributed by atoms with van der Waals surface area (Å²) in [6, 6.07) is 22.1.